The molecule has 3 aromatic rings. The first-order valence-corrected chi connectivity index (χ1v) is 9.38. The first-order valence-electron chi connectivity index (χ1n) is 8.59. The topological polar surface area (TPSA) is 31.6 Å². The van der Waals surface area contributed by atoms with Gasteiger partial charge >= 0.3 is 7.12 Å². The van der Waals surface area contributed by atoms with E-state index in [1.54, 1.807) is 0 Å². The Morgan fingerprint density at radius 3 is 1.92 bits per heavy atom. The number of halogens is 1. The highest BCUT2D eigenvalue weighted by Crippen LogP contribution is 2.40. The van der Waals surface area contributed by atoms with Crippen LogP contribution in [0.3, 0.4) is 0 Å². The van der Waals surface area contributed by atoms with Crippen molar-refractivity contribution >= 4 is 50.4 Å². The van der Waals surface area contributed by atoms with Crippen molar-refractivity contribution in [2.24, 2.45) is 0 Å². The van der Waals surface area contributed by atoms with Crippen LogP contribution in [0.1, 0.15) is 38.8 Å². The van der Waals surface area contributed by atoms with Gasteiger partial charge in [0, 0.05) is 15.2 Å². The monoisotopic (exact) mass is 400 g/mol. The van der Waals surface area contributed by atoms with E-state index in [4.69, 9.17) is 13.7 Å². The van der Waals surface area contributed by atoms with Crippen molar-refractivity contribution in [3.05, 3.63) is 39.9 Å². The third-order valence-electron chi connectivity index (χ3n) is 5.65. The zero-order valence-electron chi connectivity index (χ0n) is 15.5. The van der Waals surface area contributed by atoms with E-state index < -0.39 is 7.12 Å². The summed E-state index contributed by atoms with van der Waals surface area (Å²) in [6.07, 6.45) is 0. The first-order chi connectivity index (χ1) is 11.6. The van der Waals surface area contributed by atoms with Crippen LogP contribution >= 0.6 is 15.9 Å². The summed E-state index contributed by atoms with van der Waals surface area (Å²) in [5.74, 6) is 0. The zero-order valence-corrected chi connectivity index (χ0v) is 17.1. The number of fused-ring (bicyclic) bond motifs is 3. The van der Waals surface area contributed by atoms with E-state index in [0.717, 1.165) is 43.0 Å². The molecule has 0 bridgehead atoms. The largest absolute Gasteiger partial charge is 0.495 e. The summed E-state index contributed by atoms with van der Waals surface area (Å²) in [4.78, 5) is 0. The van der Waals surface area contributed by atoms with Crippen LogP contribution in [0.5, 0.6) is 0 Å². The minimum absolute atomic E-state index is 0.373. The Bertz CT molecular complexity index is 987. The second kappa shape index (κ2) is 5.35. The van der Waals surface area contributed by atoms with Gasteiger partial charge in [0.05, 0.1) is 11.2 Å². The van der Waals surface area contributed by atoms with Crippen LogP contribution in [0.15, 0.2) is 33.2 Å². The van der Waals surface area contributed by atoms with Crippen molar-refractivity contribution in [1.29, 1.82) is 0 Å². The van der Waals surface area contributed by atoms with Crippen LogP contribution < -0.4 is 5.46 Å². The first kappa shape index (κ1) is 17.1. The highest BCUT2D eigenvalue weighted by molar-refractivity contribution is 9.10. The number of hydrogen-bond donors (Lipinski definition) is 0. The van der Waals surface area contributed by atoms with Crippen molar-refractivity contribution in [3.8, 4) is 0 Å². The number of rotatable bonds is 1. The van der Waals surface area contributed by atoms with E-state index in [9.17, 15) is 0 Å². The van der Waals surface area contributed by atoms with Gasteiger partial charge in [0.15, 0.2) is 0 Å². The molecule has 0 N–H and O–H groups in total. The van der Waals surface area contributed by atoms with Gasteiger partial charge in [-0.3, -0.25) is 0 Å². The molecule has 0 saturated carbocycles. The van der Waals surface area contributed by atoms with Crippen molar-refractivity contribution in [2.75, 3.05) is 0 Å². The van der Waals surface area contributed by atoms with Crippen LogP contribution in [0.2, 0.25) is 0 Å². The smallest absolute Gasteiger partial charge is 0.455 e. The lowest BCUT2D eigenvalue weighted by Gasteiger charge is -2.32. The summed E-state index contributed by atoms with van der Waals surface area (Å²) in [7, 11) is -0.415. The highest BCUT2D eigenvalue weighted by atomic mass is 79.9. The SMILES string of the molecule is Cc1ccc(Br)c2c1oc1c(C)ccc(B3OC(C)(C)C(C)(C)O3)c12. The zero-order chi connectivity index (χ0) is 18.1. The molecule has 0 radical (unpaired) electrons. The number of benzene rings is 2. The fraction of sp³-hybridized carbons (Fsp3) is 0.400. The van der Waals surface area contributed by atoms with E-state index in [1.807, 2.05) is 0 Å². The summed E-state index contributed by atoms with van der Waals surface area (Å²) in [5, 5.41) is 2.16. The van der Waals surface area contributed by atoms with Crippen LogP contribution in [0, 0.1) is 13.8 Å². The molecular weight excluding hydrogens is 379 g/mol. The number of furan rings is 1. The molecular formula is C20H22BBrO3. The Kier molecular flexibility index (Phi) is 3.67. The lowest BCUT2D eigenvalue weighted by atomic mass is 9.76. The molecule has 2 aromatic carbocycles. The summed E-state index contributed by atoms with van der Waals surface area (Å²) >= 11 is 3.70. The summed E-state index contributed by atoms with van der Waals surface area (Å²) < 4.78 is 19.9. The molecule has 0 atom stereocenters. The molecule has 0 spiro atoms. The van der Waals surface area contributed by atoms with Gasteiger partial charge in [0.25, 0.3) is 0 Å². The average Bonchev–Trinajstić information content (AvgIpc) is 3.01. The molecule has 1 aliphatic heterocycles. The van der Waals surface area contributed by atoms with Crippen molar-refractivity contribution < 1.29 is 13.7 Å². The third-order valence-corrected chi connectivity index (χ3v) is 6.31. The van der Waals surface area contributed by atoms with Gasteiger partial charge in [0.2, 0.25) is 0 Å². The third kappa shape index (κ3) is 2.40. The second-order valence-corrected chi connectivity index (χ2v) is 8.79. The molecule has 25 heavy (non-hydrogen) atoms. The quantitative estimate of drug-likeness (QED) is 0.521. The standard InChI is InChI=1S/C20H22BBrO3/c1-11-7-9-13(21-24-19(3,4)20(5,6)25-21)15-16-14(22)10-8-12(2)18(16)23-17(11)15/h7-10H,1-6H3. The van der Waals surface area contributed by atoms with Gasteiger partial charge in [-0.1, -0.05) is 34.1 Å². The van der Waals surface area contributed by atoms with Crippen molar-refractivity contribution in [2.45, 2.75) is 52.7 Å². The van der Waals surface area contributed by atoms with Crippen LogP contribution in [-0.2, 0) is 9.31 Å². The maximum Gasteiger partial charge on any atom is 0.495 e. The highest BCUT2D eigenvalue weighted by Gasteiger charge is 2.52. The fourth-order valence-corrected chi connectivity index (χ4v) is 3.90. The van der Waals surface area contributed by atoms with Gasteiger partial charge in [-0.2, -0.15) is 0 Å². The van der Waals surface area contributed by atoms with Crippen LogP contribution in [0.25, 0.3) is 21.9 Å². The Morgan fingerprint density at radius 2 is 1.32 bits per heavy atom. The second-order valence-electron chi connectivity index (χ2n) is 7.93. The van der Waals surface area contributed by atoms with Gasteiger partial charge in [0.1, 0.15) is 11.2 Å². The normalized spacial score (nSPS) is 19.2. The molecule has 3 nitrogen and oxygen atoms in total. The fourth-order valence-electron chi connectivity index (χ4n) is 3.39. The average molecular weight is 401 g/mol. The van der Waals surface area contributed by atoms with Crippen molar-refractivity contribution in [1.82, 2.24) is 0 Å². The molecule has 0 amide bonds. The number of hydrogen-bond acceptors (Lipinski definition) is 3. The Hall–Kier alpha value is -1.30. The number of aryl methyl sites for hydroxylation is 2. The lowest BCUT2D eigenvalue weighted by molar-refractivity contribution is 0.00578. The molecule has 4 rings (SSSR count). The predicted molar refractivity (Wildman–Crippen MR) is 107 cm³/mol. The van der Waals surface area contributed by atoms with E-state index in [0.29, 0.717) is 0 Å². The molecule has 0 unspecified atom stereocenters. The van der Waals surface area contributed by atoms with E-state index in [2.05, 4.69) is 81.7 Å². The van der Waals surface area contributed by atoms with Crippen LogP contribution in [-0.4, -0.2) is 18.3 Å². The summed E-state index contributed by atoms with van der Waals surface area (Å²) in [6.45, 7) is 12.4. The molecule has 2 heterocycles. The predicted octanol–water partition coefficient (Wildman–Crippen LogP) is 5.26. The lowest BCUT2D eigenvalue weighted by Crippen LogP contribution is -2.41. The minimum atomic E-state index is -0.415. The molecule has 1 aromatic heterocycles. The van der Waals surface area contributed by atoms with Crippen LogP contribution in [0.4, 0.5) is 0 Å². The molecule has 1 aliphatic rings. The molecule has 1 saturated heterocycles. The maximum absolute atomic E-state index is 6.31. The Labute approximate surface area is 156 Å². The summed E-state index contributed by atoms with van der Waals surface area (Å²) in [5.41, 5.74) is 4.31. The molecule has 1 fully saturated rings. The van der Waals surface area contributed by atoms with Gasteiger partial charge < -0.3 is 13.7 Å². The van der Waals surface area contributed by atoms with Gasteiger partial charge in [-0.05, 0) is 64.2 Å². The Balaban J connectivity index is 2.03. The summed E-state index contributed by atoms with van der Waals surface area (Å²) in [6, 6.07) is 8.32. The Morgan fingerprint density at radius 1 is 0.800 bits per heavy atom. The van der Waals surface area contributed by atoms with Gasteiger partial charge in [-0.15, -0.1) is 0 Å². The van der Waals surface area contributed by atoms with E-state index in [1.165, 1.54) is 0 Å². The molecule has 5 heteroatoms. The molecule has 130 valence electrons. The minimum Gasteiger partial charge on any atom is -0.455 e. The van der Waals surface area contributed by atoms with E-state index in [-0.39, 0.29) is 11.2 Å². The van der Waals surface area contributed by atoms with Crippen molar-refractivity contribution in [3.63, 3.8) is 0 Å². The van der Waals surface area contributed by atoms with Gasteiger partial charge in [-0.25, -0.2) is 0 Å². The maximum atomic E-state index is 6.31. The molecule has 0 aliphatic carbocycles. The van der Waals surface area contributed by atoms with E-state index >= 15 is 0 Å².